The highest BCUT2D eigenvalue weighted by Gasteiger charge is 2.12. The first-order valence-corrected chi connectivity index (χ1v) is 5.58. The molecule has 0 saturated carbocycles. The number of pyridine rings is 1. The SMILES string of the molecule is Cc1cncc(C(=O)NCC(O)c2ccco2)c1. The van der Waals surface area contributed by atoms with Crippen LogP contribution < -0.4 is 5.32 Å². The van der Waals surface area contributed by atoms with Crippen molar-refractivity contribution in [3.8, 4) is 0 Å². The number of aryl methyl sites for hydroxylation is 1. The molecule has 18 heavy (non-hydrogen) atoms. The molecule has 1 unspecified atom stereocenters. The van der Waals surface area contributed by atoms with Crippen molar-refractivity contribution < 1.29 is 14.3 Å². The molecule has 0 aliphatic rings. The van der Waals surface area contributed by atoms with E-state index in [1.807, 2.05) is 6.92 Å². The molecule has 94 valence electrons. The van der Waals surface area contributed by atoms with Crippen molar-refractivity contribution in [3.63, 3.8) is 0 Å². The van der Waals surface area contributed by atoms with E-state index in [1.165, 1.54) is 12.5 Å². The number of aromatic nitrogens is 1. The fraction of sp³-hybridized carbons (Fsp3) is 0.231. The second-order valence-corrected chi connectivity index (χ2v) is 3.99. The minimum Gasteiger partial charge on any atom is -0.467 e. The van der Waals surface area contributed by atoms with E-state index < -0.39 is 6.10 Å². The molecule has 2 aromatic rings. The number of aliphatic hydroxyl groups is 1. The van der Waals surface area contributed by atoms with Crippen molar-refractivity contribution in [1.82, 2.24) is 10.3 Å². The van der Waals surface area contributed by atoms with Gasteiger partial charge in [-0.05, 0) is 30.7 Å². The molecule has 5 nitrogen and oxygen atoms in total. The van der Waals surface area contributed by atoms with Crippen LogP contribution >= 0.6 is 0 Å². The zero-order valence-electron chi connectivity index (χ0n) is 9.96. The van der Waals surface area contributed by atoms with Crippen LogP contribution in [0.25, 0.3) is 0 Å². The topological polar surface area (TPSA) is 75.4 Å². The first-order valence-electron chi connectivity index (χ1n) is 5.58. The molecule has 0 radical (unpaired) electrons. The third-order valence-electron chi connectivity index (χ3n) is 2.46. The number of furan rings is 1. The molecular weight excluding hydrogens is 232 g/mol. The maximum atomic E-state index is 11.8. The molecule has 0 fully saturated rings. The third kappa shape index (κ3) is 2.95. The molecule has 0 aliphatic carbocycles. The minimum atomic E-state index is -0.846. The maximum absolute atomic E-state index is 11.8. The van der Waals surface area contributed by atoms with Gasteiger partial charge in [0.2, 0.25) is 0 Å². The smallest absolute Gasteiger partial charge is 0.252 e. The molecule has 2 heterocycles. The largest absolute Gasteiger partial charge is 0.467 e. The van der Waals surface area contributed by atoms with Gasteiger partial charge < -0.3 is 14.8 Å². The van der Waals surface area contributed by atoms with E-state index in [-0.39, 0.29) is 12.5 Å². The zero-order valence-corrected chi connectivity index (χ0v) is 9.96. The first-order chi connectivity index (χ1) is 8.66. The molecule has 1 atom stereocenters. The number of hydrogen-bond donors (Lipinski definition) is 2. The van der Waals surface area contributed by atoms with E-state index in [0.29, 0.717) is 11.3 Å². The van der Waals surface area contributed by atoms with Gasteiger partial charge in [-0.25, -0.2) is 0 Å². The lowest BCUT2D eigenvalue weighted by atomic mass is 10.2. The molecule has 5 heteroatoms. The summed E-state index contributed by atoms with van der Waals surface area (Å²) in [4.78, 5) is 15.7. The Morgan fingerprint density at radius 1 is 1.56 bits per heavy atom. The van der Waals surface area contributed by atoms with Gasteiger partial charge in [-0.1, -0.05) is 0 Å². The predicted molar refractivity (Wildman–Crippen MR) is 65.0 cm³/mol. The van der Waals surface area contributed by atoms with Gasteiger partial charge in [-0.3, -0.25) is 9.78 Å². The third-order valence-corrected chi connectivity index (χ3v) is 2.46. The molecule has 0 spiro atoms. The lowest BCUT2D eigenvalue weighted by molar-refractivity contribution is 0.0900. The normalized spacial score (nSPS) is 12.1. The van der Waals surface area contributed by atoms with E-state index in [0.717, 1.165) is 5.56 Å². The van der Waals surface area contributed by atoms with Gasteiger partial charge in [0.1, 0.15) is 11.9 Å². The Kier molecular flexibility index (Phi) is 3.74. The van der Waals surface area contributed by atoms with Crippen LogP contribution in [0, 0.1) is 6.92 Å². The van der Waals surface area contributed by atoms with Crippen LogP contribution in [0.15, 0.2) is 41.3 Å². The minimum absolute atomic E-state index is 0.0975. The number of nitrogens with zero attached hydrogens (tertiary/aromatic N) is 1. The summed E-state index contributed by atoms with van der Waals surface area (Å²) in [5, 5.41) is 12.4. The predicted octanol–water partition coefficient (Wildman–Crippen LogP) is 1.45. The van der Waals surface area contributed by atoms with E-state index in [1.54, 1.807) is 24.4 Å². The number of amides is 1. The Bertz CT molecular complexity index is 523. The van der Waals surface area contributed by atoms with Gasteiger partial charge >= 0.3 is 0 Å². The fourth-order valence-corrected chi connectivity index (χ4v) is 1.55. The number of nitrogens with one attached hydrogen (secondary N) is 1. The van der Waals surface area contributed by atoms with Gasteiger partial charge in [-0.15, -0.1) is 0 Å². The van der Waals surface area contributed by atoms with E-state index in [9.17, 15) is 9.90 Å². The highest BCUT2D eigenvalue weighted by Crippen LogP contribution is 2.11. The summed E-state index contributed by atoms with van der Waals surface area (Å²) in [6, 6.07) is 5.08. The molecule has 2 rings (SSSR count). The second kappa shape index (κ2) is 5.46. The van der Waals surface area contributed by atoms with Crippen molar-refractivity contribution in [1.29, 1.82) is 0 Å². The molecule has 2 aromatic heterocycles. The van der Waals surface area contributed by atoms with Crippen LogP contribution in [0.3, 0.4) is 0 Å². The lowest BCUT2D eigenvalue weighted by Crippen LogP contribution is -2.28. The Balaban J connectivity index is 1.92. The molecule has 0 aliphatic heterocycles. The number of carbonyl (C=O) groups is 1. The summed E-state index contributed by atoms with van der Waals surface area (Å²) < 4.78 is 5.04. The second-order valence-electron chi connectivity index (χ2n) is 3.99. The van der Waals surface area contributed by atoms with E-state index >= 15 is 0 Å². The average molecular weight is 246 g/mol. The fourth-order valence-electron chi connectivity index (χ4n) is 1.55. The molecule has 0 aromatic carbocycles. The van der Waals surface area contributed by atoms with Gasteiger partial charge in [0.25, 0.3) is 5.91 Å². The van der Waals surface area contributed by atoms with Gasteiger partial charge in [0.15, 0.2) is 0 Å². The molecule has 1 amide bonds. The average Bonchev–Trinajstić information content (AvgIpc) is 2.89. The number of aliphatic hydroxyl groups excluding tert-OH is 1. The first kappa shape index (κ1) is 12.3. The number of hydrogen-bond acceptors (Lipinski definition) is 4. The van der Waals surface area contributed by atoms with E-state index in [2.05, 4.69) is 10.3 Å². The molecule has 0 saturated heterocycles. The lowest BCUT2D eigenvalue weighted by Gasteiger charge is -2.09. The van der Waals surface area contributed by atoms with Crippen LogP contribution in [0.1, 0.15) is 27.8 Å². The summed E-state index contributed by atoms with van der Waals surface area (Å²) in [6.07, 6.45) is 3.79. The van der Waals surface area contributed by atoms with Gasteiger partial charge in [0, 0.05) is 12.4 Å². The Morgan fingerprint density at radius 3 is 3.06 bits per heavy atom. The monoisotopic (exact) mass is 246 g/mol. The summed E-state index contributed by atoms with van der Waals surface area (Å²) in [5.41, 5.74) is 1.39. The summed E-state index contributed by atoms with van der Waals surface area (Å²) in [7, 11) is 0. The maximum Gasteiger partial charge on any atom is 0.252 e. The molecule has 2 N–H and O–H groups in total. The van der Waals surface area contributed by atoms with Crippen LogP contribution in [0.5, 0.6) is 0 Å². The Morgan fingerprint density at radius 2 is 2.39 bits per heavy atom. The van der Waals surface area contributed by atoms with Crippen LogP contribution in [0.4, 0.5) is 0 Å². The molecule has 0 bridgehead atoms. The van der Waals surface area contributed by atoms with Gasteiger partial charge in [-0.2, -0.15) is 0 Å². The van der Waals surface area contributed by atoms with Crippen molar-refractivity contribution in [3.05, 3.63) is 53.7 Å². The van der Waals surface area contributed by atoms with Crippen molar-refractivity contribution >= 4 is 5.91 Å². The van der Waals surface area contributed by atoms with Crippen LogP contribution in [-0.4, -0.2) is 22.5 Å². The Hall–Kier alpha value is -2.14. The zero-order chi connectivity index (χ0) is 13.0. The van der Waals surface area contributed by atoms with Crippen molar-refractivity contribution in [2.75, 3.05) is 6.54 Å². The summed E-state index contributed by atoms with van der Waals surface area (Å²) in [6.45, 7) is 1.96. The number of rotatable bonds is 4. The van der Waals surface area contributed by atoms with Gasteiger partial charge in [0.05, 0.1) is 18.4 Å². The summed E-state index contributed by atoms with van der Waals surface area (Å²) in [5.74, 6) is 0.162. The van der Waals surface area contributed by atoms with Crippen molar-refractivity contribution in [2.45, 2.75) is 13.0 Å². The van der Waals surface area contributed by atoms with Crippen LogP contribution in [0.2, 0.25) is 0 Å². The standard InChI is InChI=1S/C13H14N2O3/c1-9-5-10(7-14-6-9)13(17)15-8-11(16)12-3-2-4-18-12/h2-7,11,16H,8H2,1H3,(H,15,17). The summed E-state index contributed by atoms with van der Waals surface area (Å²) >= 11 is 0. The highest BCUT2D eigenvalue weighted by atomic mass is 16.4. The van der Waals surface area contributed by atoms with Crippen LogP contribution in [-0.2, 0) is 0 Å². The number of carbonyl (C=O) groups excluding carboxylic acids is 1. The van der Waals surface area contributed by atoms with E-state index in [4.69, 9.17) is 4.42 Å². The van der Waals surface area contributed by atoms with Crippen molar-refractivity contribution in [2.24, 2.45) is 0 Å². The highest BCUT2D eigenvalue weighted by molar-refractivity contribution is 5.94. The Labute approximate surface area is 104 Å². The quantitative estimate of drug-likeness (QED) is 0.856. The molecular formula is C13H14N2O3.